The van der Waals surface area contributed by atoms with Crippen LogP contribution in [0, 0.1) is 17.2 Å². The van der Waals surface area contributed by atoms with Crippen LogP contribution in [0.25, 0.3) is 17.0 Å². The molecule has 0 aliphatic heterocycles. The summed E-state index contributed by atoms with van der Waals surface area (Å²) < 4.78 is 7.44. The van der Waals surface area contributed by atoms with Crippen LogP contribution in [0.3, 0.4) is 0 Å². The summed E-state index contributed by atoms with van der Waals surface area (Å²) in [6.45, 7) is 4.88. The van der Waals surface area contributed by atoms with Gasteiger partial charge >= 0.3 is 5.97 Å². The number of carbonyl (C=O) groups is 2. The van der Waals surface area contributed by atoms with Crippen molar-refractivity contribution in [1.82, 2.24) is 4.57 Å². The Balaban J connectivity index is 1.48. The maximum absolute atomic E-state index is 13.3. The fourth-order valence-electron chi connectivity index (χ4n) is 5.03. The summed E-state index contributed by atoms with van der Waals surface area (Å²) in [6.07, 6.45) is 6.22. The van der Waals surface area contributed by atoms with Crippen LogP contribution in [-0.4, -0.2) is 23.1 Å². The van der Waals surface area contributed by atoms with Crippen LogP contribution in [0.1, 0.15) is 52.2 Å². The van der Waals surface area contributed by atoms with Crippen molar-refractivity contribution in [1.29, 1.82) is 5.26 Å². The maximum atomic E-state index is 13.3. The molecular formula is C31H29N3O3S. The van der Waals surface area contributed by atoms with Gasteiger partial charge in [0.05, 0.1) is 12.2 Å². The number of hydrogen-bond donors (Lipinski definition) is 1. The van der Waals surface area contributed by atoms with Crippen LogP contribution in [0.15, 0.2) is 66.4 Å². The number of nitriles is 1. The van der Waals surface area contributed by atoms with Crippen molar-refractivity contribution >= 4 is 45.2 Å². The zero-order chi connectivity index (χ0) is 26.6. The first-order valence-corrected chi connectivity index (χ1v) is 13.7. The third-order valence-electron chi connectivity index (χ3n) is 6.90. The van der Waals surface area contributed by atoms with Gasteiger partial charge in [-0.3, -0.25) is 4.79 Å². The maximum Gasteiger partial charge on any atom is 0.341 e. The lowest BCUT2D eigenvalue weighted by Gasteiger charge is -2.18. The molecule has 0 unspecified atom stereocenters. The Kier molecular flexibility index (Phi) is 7.43. The molecule has 0 radical (unpaired) electrons. The predicted octanol–water partition coefficient (Wildman–Crippen LogP) is 6.60. The van der Waals surface area contributed by atoms with Crippen LogP contribution in [-0.2, 0) is 28.9 Å². The largest absolute Gasteiger partial charge is 0.462 e. The van der Waals surface area contributed by atoms with Crippen LogP contribution in [0.2, 0.25) is 0 Å². The van der Waals surface area contributed by atoms with Gasteiger partial charge in [-0.05, 0) is 55.4 Å². The number of ether oxygens (including phenoxy) is 1. The van der Waals surface area contributed by atoms with Gasteiger partial charge in [-0.25, -0.2) is 4.79 Å². The number of esters is 1. The summed E-state index contributed by atoms with van der Waals surface area (Å²) in [7, 11) is 0. The molecule has 0 fully saturated rings. The summed E-state index contributed by atoms with van der Waals surface area (Å²) in [5, 5.41) is 14.2. The van der Waals surface area contributed by atoms with E-state index < -0.39 is 11.9 Å². The van der Waals surface area contributed by atoms with E-state index in [4.69, 9.17) is 4.74 Å². The topological polar surface area (TPSA) is 84.1 Å². The number of aromatic nitrogens is 1. The second-order valence-electron chi connectivity index (χ2n) is 9.62. The van der Waals surface area contributed by atoms with Gasteiger partial charge in [0.25, 0.3) is 5.91 Å². The molecular weight excluding hydrogens is 494 g/mol. The smallest absolute Gasteiger partial charge is 0.341 e. The Hall–Kier alpha value is -4.15. The van der Waals surface area contributed by atoms with Gasteiger partial charge in [-0.15, -0.1) is 11.3 Å². The quantitative estimate of drug-likeness (QED) is 0.168. The van der Waals surface area contributed by atoms with E-state index in [1.807, 2.05) is 48.7 Å². The Morgan fingerprint density at radius 3 is 2.71 bits per heavy atom. The summed E-state index contributed by atoms with van der Waals surface area (Å²) in [5.41, 5.74) is 4.34. The van der Waals surface area contributed by atoms with E-state index in [2.05, 4.69) is 35.0 Å². The Morgan fingerprint density at radius 1 is 1.18 bits per heavy atom. The van der Waals surface area contributed by atoms with Gasteiger partial charge in [-0.1, -0.05) is 55.5 Å². The minimum absolute atomic E-state index is 0.0258. The lowest BCUT2D eigenvalue weighted by Crippen LogP contribution is -2.17. The average molecular weight is 524 g/mol. The van der Waals surface area contributed by atoms with Crippen molar-refractivity contribution in [2.45, 2.75) is 39.7 Å². The Labute approximate surface area is 226 Å². The molecule has 0 spiro atoms. The first-order valence-electron chi connectivity index (χ1n) is 12.8. The molecule has 4 aromatic rings. The van der Waals surface area contributed by atoms with Crippen molar-refractivity contribution in [3.63, 3.8) is 0 Å². The molecule has 0 saturated carbocycles. The molecule has 1 aliphatic carbocycles. The monoisotopic (exact) mass is 523 g/mol. The number of para-hydroxylation sites is 1. The van der Waals surface area contributed by atoms with Crippen molar-refractivity contribution < 1.29 is 14.3 Å². The number of amides is 1. The third kappa shape index (κ3) is 5.13. The third-order valence-corrected chi connectivity index (χ3v) is 8.07. The summed E-state index contributed by atoms with van der Waals surface area (Å²) in [4.78, 5) is 27.3. The normalized spacial score (nSPS) is 15.1. The Morgan fingerprint density at radius 2 is 1.95 bits per heavy atom. The lowest BCUT2D eigenvalue weighted by molar-refractivity contribution is -0.112. The highest BCUT2D eigenvalue weighted by Gasteiger charge is 2.29. The van der Waals surface area contributed by atoms with Gasteiger partial charge in [0.1, 0.15) is 16.6 Å². The van der Waals surface area contributed by atoms with Gasteiger partial charge in [0.15, 0.2) is 0 Å². The molecule has 1 aliphatic rings. The molecule has 38 heavy (non-hydrogen) atoms. The zero-order valence-electron chi connectivity index (χ0n) is 21.5. The molecule has 2 aromatic carbocycles. The molecule has 1 atom stereocenters. The summed E-state index contributed by atoms with van der Waals surface area (Å²) in [5.74, 6) is -0.451. The molecule has 1 N–H and O–H groups in total. The number of carbonyl (C=O) groups excluding carboxylic acids is 2. The average Bonchev–Trinajstić information content (AvgIpc) is 3.45. The van der Waals surface area contributed by atoms with E-state index >= 15 is 0 Å². The van der Waals surface area contributed by atoms with Crippen molar-refractivity contribution in [2.24, 2.45) is 5.92 Å². The minimum Gasteiger partial charge on any atom is -0.462 e. The fraction of sp³-hybridized carbons (Fsp3) is 0.258. The second kappa shape index (κ2) is 11.1. The molecule has 7 heteroatoms. The molecule has 0 bridgehead atoms. The number of benzene rings is 2. The van der Waals surface area contributed by atoms with Crippen molar-refractivity contribution in [2.75, 3.05) is 11.9 Å². The molecule has 192 valence electrons. The predicted molar refractivity (Wildman–Crippen MR) is 151 cm³/mol. The van der Waals surface area contributed by atoms with Gasteiger partial charge < -0.3 is 14.6 Å². The van der Waals surface area contributed by atoms with Gasteiger partial charge in [0.2, 0.25) is 0 Å². The number of nitrogens with zero attached hydrogens (tertiary/aromatic N) is 2. The first kappa shape index (κ1) is 25.5. The number of nitrogens with one attached hydrogen (secondary N) is 1. The second-order valence-corrected chi connectivity index (χ2v) is 10.7. The highest BCUT2D eigenvalue weighted by Crippen LogP contribution is 2.40. The molecule has 0 saturated heterocycles. The number of rotatable bonds is 7. The zero-order valence-corrected chi connectivity index (χ0v) is 22.3. The first-order chi connectivity index (χ1) is 18.5. The van der Waals surface area contributed by atoms with E-state index in [1.54, 1.807) is 13.0 Å². The molecule has 5 rings (SSSR count). The van der Waals surface area contributed by atoms with Crippen molar-refractivity contribution in [3.05, 3.63) is 93.5 Å². The number of hydrogen-bond acceptors (Lipinski definition) is 5. The van der Waals surface area contributed by atoms with E-state index in [0.29, 0.717) is 23.0 Å². The standard InChI is InChI=1S/C31H29N3O3S/c1-3-37-31(36)28-25-14-13-20(2)15-27(25)38-30(28)33-29(35)22(17-32)16-23-19-34(18-21-9-5-4-6-10-21)26-12-8-7-11-24(23)26/h4-12,16,19-20H,3,13-15,18H2,1-2H3,(H,33,35)/b22-16+/t20-/m0/s1. The highest BCUT2D eigenvalue weighted by atomic mass is 32.1. The van der Waals surface area contributed by atoms with Crippen LogP contribution >= 0.6 is 11.3 Å². The Bertz CT molecular complexity index is 1570. The molecule has 6 nitrogen and oxygen atoms in total. The van der Waals surface area contributed by atoms with Gasteiger partial charge in [-0.2, -0.15) is 5.26 Å². The van der Waals surface area contributed by atoms with Crippen molar-refractivity contribution in [3.8, 4) is 6.07 Å². The lowest BCUT2D eigenvalue weighted by atomic mass is 9.88. The van der Waals surface area contributed by atoms with E-state index in [9.17, 15) is 14.9 Å². The summed E-state index contributed by atoms with van der Waals surface area (Å²) in [6, 6.07) is 20.2. The van der Waals surface area contributed by atoms with E-state index in [0.717, 1.165) is 51.7 Å². The number of thiophene rings is 1. The molecule has 1 amide bonds. The highest BCUT2D eigenvalue weighted by molar-refractivity contribution is 7.17. The SMILES string of the molecule is CCOC(=O)c1c(NC(=O)/C(C#N)=C/c2cn(Cc3ccccc3)c3ccccc23)sc2c1CC[C@H](C)C2. The van der Waals surface area contributed by atoms with Crippen LogP contribution < -0.4 is 5.32 Å². The van der Waals surface area contributed by atoms with E-state index in [-0.39, 0.29) is 12.2 Å². The van der Waals surface area contributed by atoms with Gasteiger partial charge in [0, 0.05) is 34.1 Å². The van der Waals surface area contributed by atoms with Crippen LogP contribution in [0.4, 0.5) is 5.00 Å². The molecule has 2 heterocycles. The fourth-order valence-corrected chi connectivity index (χ4v) is 6.43. The number of fused-ring (bicyclic) bond motifs is 2. The molecule has 2 aromatic heterocycles. The van der Waals surface area contributed by atoms with Crippen LogP contribution in [0.5, 0.6) is 0 Å². The minimum atomic E-state index is -0.537. The number of anilines is 1. The summed E-state index contributed by atoms with van der Waals surface area (Å²) >= 11 is 1.42. The van der Waals surface area contributed by atoms with E-state index in [1.165, 1.54) is 11.3 Å².